The van der Waals surface area contributed by atoms with E-state index in [1.165, 1.54) is 5.56 Å². The number of hydrazine groups is 1. The number of nitrogens with zero attached hydrogens (tertiary/aromatic N) is 4. The number of hydrogen-bond donors (Lipinski definition) is 2. The maximum atomic E-state index is 4.46. The Labute approximate surface area is 127 Å². The number of aromatic nitrogens is 2. The molecule has 1 fully saturated rings. The zero-order valence-electron chi connectivity index (χ0n) is 13.7. The second kappa shape index (κ2) is 7.56. The van der Waals surface area contributed by atoms with Crippen LogP contribution in [0.15, 0.2) is 6.33 Å². The summed E-state index contributed by atoms with van der Waals surface area (Å²) >= 11 is 0. The van der Waals surface area contributed by atoms with Crippen molar-refractivity contribution in [2.24, 2.45) is 0 Å². The van der Waals surface area contributed by atoms with E-state index < -0.39 is 0 Å². The number of nitrogens with one attached hydrogen (secondary N) is 2. The molecule has 0 amide bonds. The summed E-state index contributed by atoms with van der Waals surface area (Å²) in [5, 5.41) is 5.66. The lowest BCUT2D eigenvalue weighted by molar-refractivity contribution is 0.178. The quantitative estimate of drug-likeness (QED) is 0.836. The first-order valence-corrected chi connectivity index (χ1v) is 7.90. The first-order valence-electron chi connectivity index (χ1n) is 7.90. The van der Waals surface area contributed by atoms with Gasteiger partial charge in [0.25, 0.3) is 0 Å². The second-order valence-electron chi connectivity index (χ2n) is 5.97. The van der Waals surface area contributed by atoms with Crippen molar-refractivity contribution in [1.82, 2.24) is 19.9 Å². The van der Waals surface area contributed by atoms with Gasteiger partial charge in [0.05, 0.1) is 0 Å². The van der Waals surface area contributed by atoms with Gasteiger partial charge in [-0.1, -0.05) is 20.8 Å². The Bertz CT molecular complexity index is 440. The third-order valence-corrected chi connectivity index (χ3v) is 3.77. The van der Waals surface area contributed by atoms with Crippen LogP contribution in [0.5, 0.6) is 0 Å². The monoisotopic (exact) mass is 292 g/mol. The van der Waals surface area contributed by atoms with Crippen molar-refractivity contribution in [1.29, 1.82) is 0 Å². The van der Waals surface area contributed by atoms with Gasteiger partial charge < -0.3 is 15.6 Å². The van der Waals surface area contributed by atoms with Crippen LogP contribution >= 0.6 is 0 Å². The molecule has 0 radical (unpaired) electrons. The minimum Gasteiger partial charge on any atom is -0.370 e. The molecule has 0 bridgehead atoms. The predicted octanol–water partition coefficient (Wildman–Crippen LogP) is 2.00. The van der Waals surface area contributed by atoms with E-state index in [1.807, 2.05) is 0 Å². The van der Waals surface area contributed by atoms with E-state index >= 15 is 0 Å². The van der Waals surface area contributed by atoms with Crippen molar-refractivity contribution < 1.29 is 0 Å². The zero-order chi connectivity index (χ0) is 15.2. The number of piperazine rings is 1. The molecule has 1 aliphatic rings. The van der Waals surface area contributed by atoms with Crippen molar-refractivity contribution in [2.75, 3.05) is 50.5 Å². The maximum Gasteiger partial charge on any atom is 0.149 e. The summed E-state index contributed by atoms with van der Waals surface area (Å²) in [6.07, 6.45) is 2.73. The van der Waals surface area contributed by atoms with Gasteiger partial charge in [-0.05, 0) is 19.4 Å². The highest BCUT2D eigenvalue weighted by Crippen LogP contribution is 2.28. The molecule has 21 heavy (non-hydrogen) atoms. The largest absolute Gasteiger partial charge is 0.370 e. The van der Waals surface area contributed by atoms with Crippen LogP contribution in [0, 0.1) is 0 Å². The van der Waals surface area contributed by atoms with Crippen LogP contribution in [-0.2, 0) is 0 Å². The number of hydrogen-bond acceptors (Lipinski definition) is 6. The Morgan fingerprint density at radius 3 is 2.43 bits per heavy atom. The first-order chi connectivity index (χ1) is 10.1. The van der Waals surface area contributed by atoms with Gasteiger partial charge in [-0.25, -0.2) is 15.0 Å². The molecule has 1 aromatic heterocycles. The highest BCUT2D eigenvalue weighted by Gasteiger charge is 2.19. The Kier molecular flexibility index (Phi) is 5.76. The Hall–Kier alpha value is -1.40. The lowest BCUT2D eigenvalue weighted by atomic mass is 10.0. The fourth-order valence-corrected chi connectivity index (χ4v) is 2.48. The average Bonchev–Trinajstić information content (AvgIpc) is 2.47. The molecule has 1 aromatic rings. The van der Waals surface area contributed by atoms with Gasteiger partial charge >= 0.3 is 0 Å². The van der Waals surface area contributed by atoms with Crippen molar-refractivity contribution >= 4 is 11.6 Å². The van der Waals surface area contributed by atoms with E-state index in [0.717, 1.165) is 50.8 Å². The van der Waals surface area contributed by atoms with Gasteiger partial charge in [0.1, 0.15) is 18.0 Å². The van der Waals surface area contributed by atoms with Crippen LogP contribution in [0.2, 0.25) is 0 Å². The molecule has 0 aliphatic carbocycles. The molecule has 1 aliphatic heterocycles. The Morgan fingerprint density at radius 2 is 1.81 bits per heavy atom. The minimum absolute atomic E-state index is 0.375. The van der Waals surface area contributed by atoms with Gasteiger partial charge in [-0.15, -0.1) is 0 Å². The summed E-state index contributed by atoms with van der Waals surface area (Å²) in [5.74, 6) is 2.27. The maximum absolute atomic E-state index is 4.46. The van der Waals surface area contributed by atoms with Gasteiger partial charge in [0.2, 0.25) is 0 Å². The van der Waals surface area contributed by atoms with Gasteiger partial charge in [0.15, 0.2) is 0 Å². The molecule has 6 nitrogen and oxygen atoms in total. The lowest BCUT2D eigenvalue weighted by Gasteiger charge is -2.33. The van der Waals surface area contributed by atoms with Crippen LogP contribution < -0.4 is 10.7 Å². The van der Waals surface area contributed by atoms with Crippen LogP contribution in [0.3, 0.4) is 0 Å². The molecule has 0 spiro atoms. The van der Waals surface area contributed by atoms with Gasteiger partial charge in [0, 0.05) is 38.3 Å². The molecule has 0 atom stereocenters. The third kappa shape index (κ3) is 4.28. The molecule has 2 N–H and O–H groups in total. The predicted molar refractivity (Wildman–Crippen MR) is 87.6 cm³/mol. The summed E-state index contributed by atoms with van der Waals surface area (Å²) in [5.41, 5.74) is 4.65. The normalized spacial score (nSPS) is 17.2. The molecule has 118 valence electrons. The van der Waals surface area contributed by atoms with Crippen molar-refractivity contribution in [2.45, 2.75) is 33.1 Å². The van der Waals surface area contributed by atoms with Crippen LogP contribution in [0.25, 0.3) is 0 Å². The second-order valence-corrected chi connectivity index (χ2v) is 5.97. The Morgan fingerprint density at radius 1 is 1.14 bits per heavy atom. The fraction of sp³-hybridized carbons (Fsp3) is 0.733. The highest BCUT2D eigenvalue weighted by atomic mass is 15.5. The molecule has 1 saturated heterocycles. The molecule has 0 unspecified atom stereocenters. The fourth-order valence-electron chi connectivity index (χ4n) is 2.48. The zero-order valence-corrected chi connectivity index (χ0v) is 13.7. The van der Waals surface area contributed by atoms with Crippen LogP contribution in [-0.4, -0.2) is 59.6 Å². The van der Waals surface area contributed by atoms with Crippen molar-refractivity contribution in [3.8, 4) is 0 Å². The summed E-state index contributed by atoms with van der Waals surface area (Å²) in [6.45, 7) is 11.6. The van der Waals surface area contributed by atoms with E-state index in [0.29, 0.717) is 5.92 Å². The molecule has 2 rings (SSSR count). The molecule has 2 heterocycles. The van der Waals surface area contributed by atoms with Crippen molar-refractivity contribution in [3.63, 3.8) is 0 Å². The first kappa shape index (κ1) is 16.0. The SMILES string of the molecule is CCCNc1ncnc(NN2CCN(C)CC2)c1C(C)C. The number of rotatable bonds is 6. The standard InChI is InChI=1S/C15H28N6/c1-5-6-16-14-13(12(2)3)15(18-11-17-14)19-21-9-7-20(4)8-10-21/h11-12H,5-10H2,1-4H3,(H2,16,17,18,19). The lowest BCUT2D eigenvalue weighted by Crippen LogP contribution is -2.47. The molecule has 0 saturated carbocycles. The molecular weight excluding hydrogens is 264 g/mol. The topological polar surface area (TPSA) is 56.3 Å². The molecule has 6 heteroatoms. The third-order valence-electron chi connectivity index (χ3n) is 3.77. The smallest absolute Gasteiger partial charge is 0.149 e. The van der Waals surface area contributed by atoms with E-state index in [9.17, 15) is 0 Å². The van der Waals surface area contributed by atoms with Gasteiger partial charge in [-0.2, -0.15) is 0 Å². The van der Waals surface area contributed by atoms with E-state index in [1.54, 1.807) is 6.33 Å². The highest BCUT2D eigenvalue weighted by molar-refractivity contribution is 5.58. The van der Waals surface area contributed by atoms with E-state index in [4.69, 9.17) is 0 Å². The Balaban J connectivity index is 2.14. The summed E-state index contributed by atoms with van der Waals surface area (Å²) in [4.78, 5) is 11.2. The van der Waals surface area contributed by atoms with E-state index in [2.05, 4.69) is 58.4 Å². The van der Waals surface area contributed by atoms with E-state index in [-0.39, 0.29) is 0 Å². The van der Waals surface area contributed by atoms with Crippen LogP contribution in [0.4, 0.5) is 11.6 Å². The summed E-state index contributed by atoms with van der Waals surface area (Å²) in [6, 6.07) is 0. The van der Waals surface area contributed by atoms with Crippen LogP contribution in [0.1, 0.15) is 38.7 Å². The van der Waals surface area contributed by atoms with Gasteiger partial charge in [-0.3, -0.25) is 0 Å². The van der Waals surface area contributed by atoms with Crippen molar-refractivity contribution in [3.05, 3.63) is 11.9 Å². The number of anilines is 2. The average molecular weight is 292 g/mol. The molecule has 0 aromatic carbocycles. The molecular formula is C15H28N6. The summed E-state index contributed by atoms with van der Waals surface area (Å²) < 4.78 is 0. The minimum atomic E-state index is 0.375. The summed E-state index contributed by atoms with van der Waals surface area (Å²) in [7, 11) is 2.16. The number of likely N-dealkylation sites (N-methyl/N-ethyl adjacent to an activating group) is 1.